The number of fused-ring (bicyclic) bond motifs is 1. The van der Waals surface area contributed by atoms with E-state index in [1.54, 1.807) is 4.98 Å². The van der Waals surface area contributed by atoms with Crippen molar-refractivity contribution in [3.63, 3.8) is 0 Å². The van der Waals surface area contributed by atoms with Crippen LogP contribution in [0.15, 0.2) is 34.0 Å². The van der Waals surface area contributed by atoms with Crippen molar-refractivity contribution in [1.82, 2.24) is 9.55 Å². The molecule has 4 rings (SSSR count). The van der Waals surface area contributed by atoms with Gasteiger partial charge in [0.1, 0.15) is 24.3 Å². The molecule has 1 saturated heterocycles. The van der Waals surface area contributed by atoms with Crippen LogP contribution in [0.5, 0.6) is 5.75 Å². The highest BCUT2D eigenvalue weighted by Crippen LogP contribution is 2.55. The number of nitrogens with zero attached hydrogens (tertiary/aromatic N) is 1. The minimum absolute atomic E-state index is 0.0126. The van der Waals surface area contributed by atoms with Gasteiger partial charge in [-0.15, -0.1) is 0 Å². The van der Waals surface area contributed by atoms with Crippen molar-refractivity contribution in [2.45, 2.75) is 31.2 Å². The van der Waals surface area contributed by atoms with E-state index in [4.69, 9.17) is 19.7 Å². The number of aromatic nitrogens is 2. The second-order valence-corrected chi connectivity index (χ2v) is 8.08. The van der Waals surface area contributed by atoms with Crippen molar-refractivity contribution in [3.05, 3.63) is 62.4 Å². The number of aliphatic hydroxyl groups is 1. The van der Waals surface area contributed by atoms with E-state index < -0.39 is 61.9 Å². The van der Waals surface area contributed by atoms with Crippen LogP contribution in [0, 0.1) is 11.6 Å². The molecule has 1 aromatic carbocycles. The van der Waals surface area contributed by atoms with Crippen molar-refractivity contribution in [3.8, 4) is 5.75 Å². The van der Waals surface area contributed by atoms with Gasteiger partial charge in [-0.1, -0.05) is 0 Å². The molecule has 3 heterocycles. The maximum atomic E-state index is 15.1. The molecule has 0 saturated carbocycles. The lowest BCUT2D eigenvalue weighted by Crippen LogP contribution is -2.37. The molecule has 0 bridgehead atoms. The third-order valence-corrected chi connectivity index (χ3v) is 5.57. The van der Waals surface area contributed by atoms with Crippen LogP contribution >= 0.6 is 7.82 Å². The van der Waals surface area contributed by atoms with Gasteiger partial charge in [-0.05, 0) is 18.2 Å². The number of nitrogens with one attached hydrogen (secondary N) is 1. The maximum Gasteiger partial charge on any atom is 0.530 e. The summed E-state index contributed by atoms with van der Waals surface area (Å²) in [6.07, 6.45) is -5.53. The van der Waals surface area contributed by atoms with Crippen molar-refractivity contribution in [2.24, 2.45) is 0 Å². The van der Waals surface area contributed by atoms with Crippen LogP contribution < -0.4 is 15.8 Å². The highest BCUT2D eigenvalue weighted by molar-refractivity contribution is 7.49. The number of phosphoric acid groups is 1. The first-order valence-corrected chi connectivity index (χ1v) is 9.85. The first kappa shape index (κ1) is 19.5. The molecule has 4 atom stereocenters. The summed E-state index contributed by atoms with van der Waals surface area (Å²) in [7, 11) is -4.37. The Balaban J connectivity index is 1.52. The Kier molecular flexibility index (Phi) is 4.79. The van der Waals surface area contributed by atoms with Crippen LogP contribution in [0.1, 0.15) is 19.6 Å². The highest BCUT2D eigenvalue weighted by atomic mass is 31.2. The summed E-state index contributed by atoms with van der Waals surface area (Å²) < 4.78 is 82.5. The monoisotopic (exact) mass is 451 g/mol. The van der Waals surface area contributed by atoms with Gasteiger partial charge in [-0.25, -0.2) is 18.1 Å². The van der Waals surface area contributed by atoms with Gasteiger partial charge in [0.15, 0.2) is 6.20 Å². The molecular weight excluding hydrogens is 436 g/mol. The average Bonchev–Trinajstić information content (AvgIpc) is 2.93. The van der Waals surface area contributed by atoms with Crippen molar-refractivity contribution in [1.29, 1.82) is 0 Å². The van der Waals surface area contributed by atoms with Crippen molar-refractivity contribution < 1.29 is 42.5 Å². The number of benzene rings is 1. The normalized spacial score (nSPS) is 33.6. The van der Waals surface area contributed by atoms with Crippen molar-refractivity contribution in [2.75, 3.05) is 6.61 Å². The number of aromatic amines is 1. The van der Waals surface area contributed by atoms with E-state index in [1.165, 1.54) is 6.07 Å². The number of ether oxygens (including phenoxy) is 1. The molecule has 2 aliphatic heterocycles. The lowest BCUT2D eigenvalue weighted by Gasteiger charge is -2.27. The number of alkyl halides is 1. The van der Waals surface area contributed by atoms with Gasteiger partial charge in [0.2, 0.25) is 11.7 Å². The number of H-pyrrole nitrogens is 1. The van der Waals surface area contributed by atoms with E-state index in [-0.39, 0.29) is 28.7 Å². The summed E-state index contributed by atoms with van der Waals surface area (Å²) in [6.45, 7) is -1.53. The first-order valence-electron chi connectivity index (χ1n) is 8.89. The van der Waals surface area contributed by atoms with Crippen molar-refractivity contribution >= 4 is 7.82 Å². The molecule has 1 unspecified atom stereocenters. The standard InChI is InChI=1S/C16H14F3N2O8P/c17-9-1-2-12-8(3-9)6-26-30(25,29-12)27-7-16(19)4-11(22)14(28-16)21-5-10(18)13(23)20-15(21)24/h1-3,5,11,14,22H,4,6-7H2,(H,20,23,24)/t11-,14-,16+,30?/m1/s1/i14D. The Morgan fingerprint density at radius 1 is 1.43 bits per heavy atom. The first-order chi connectivity index (χ1) is 14.4. The maximum absolute atomic E-state index is 15.1. The van der Waals surface area contributed by atoms with Crippen LogP contribution in [0.25, 0.3) is 0 Å². The zero-order chi connectivity index (χ0) is 22.6. The predicted molar refractivity (Wildman–Crippen MR) is 91.2 cm³/mol. The molecule has 30 heavy (non-hydrogen) atoms. The molecule has 10 nitrogen and oxygen atoms in total. The van der Waals surface area contributed by atoms with Crippen LogP contribution in [0.2, 0.25) is 0 Å². The quantitative estimate of drug-likeness (QED) is 0.670. The van der Waals surface area contributed by atoms with Gasteiger partial charge in [-0.3, -0.25) is 23.4 Å². The fourth-order valence-corrected chi connectivity index (χ4v) is 4.11. The summed E-state index contributed by atoms with van der Waals surface area (Å²) in [5.74, 6) is -5.04. The number of hydrogen-bond acceptors (Lipinski definition) is 8. The van der Waals surface area contributed by atoms with Crippen LogP contribution in [-0.2, 0) is 25.0 Å². The van der Waals surface area contributed by atoms with Gasteiger partial charge in [-0.2, -0.15) is 4.39 Å². The number of phosphoric ester groups is 1. The van der Waals surface area contributed by atoms with E-state index in [9.17, 15) is 28.0 Å². The zero-order valence-electron chi connectivity index (χ0n) is 15.8. The van der Waals surface area contributed by atoms with Gasteiger partial charge >= 0.3 is 13.5 Å². The minimum Gasteiger partial charge on any atom is -0.404 e. The number of halogens is 3. The molecule has 0 spiro atoms. The summed E-state index contributed by atoms with van der Waals surface area (Å²) in [4.78, 5) is 24.6. The Bertz CT molecular complexity index is 1210. The molecule has 1 fully saturated rings. The number of hydrogen-bond donors (Lipinski definition) is 2. The third-order valence-electron chi connectivity index (χ3n) is 4.26. The fourth-order valence-electron chi connectivity index (χ4n) is 2.87. The van der Waals surface area contributed by atoms with Gasteiger partial charge in [0.25, 0.3) is 5.56 Å². The Hall–Kier alpha value is -2.44. The number of aliphatic hydroxyl groups excluding tert-OH is 1. The van der Waals surface area contributed by atoms with E-state index in [0.29, 0.717) is 0 Å². The summed E-state index contributed by atoms with van der Waals surface area (Å²) in [5, 5.41) is 10.1. The summed E-state index contributed by atoms with van der Waals surface area (Å²) >= 11 is 0. The minimum atomic E-state index is -4.37. The topological polar surface area (TPSA) is 129 Å². The Morgan fingerprint density at radius 2 is 2.20 bits per heavy atom. The van der Waals surface area contributed by atoms with Crippen LogP contribution in [0.4, 0.5) is 13.2 Å². The molecule has 0 radical (unpaired) electrons. The summed E-state index contributed by atoms with van der Waals surface area (Å²) in [6, 6.07) is 3.30. The van der Waals surface area contributed by atoms with E-state index in [0.717, 1.165) is 12.1 Å². The highest BCUT2D eigenvalue weighted by Gasteiger charge is 2.50. The van der Waals surface area contributed by atoms with E-state index >= 15 is 4.39 Å². The molecule has 2 aliphatic rings. The Labute approximate surface area is 166 Å². The molecule has 0 amide bonds. The van der Waals surface area contributed by atoms with Gasteiger partial charge in [0, 0.05) is 12.0 Å². The molecular formula is C16H14F3N2O8P. The van der Waals surface area contributed by atoms with Gasteiger partial charge in [0.05, 0.1) is 14.2 Å². The Morgan fingerprint density at radius 3 is 2.97 bits per heavy atom. The smallest absolute Gasteiger partial charge is 0.404 e. The molecule has 1 aromatic heterocycles. The van der Waals surface area contributed by atoms with Gasteiger partial charge < -0.3 is 14.4 Å². The predicted octanol–water partition coefficient (Wildman–Crippen LogP) is 1.49. The largest absolute Gasteiger partial charge is 0.530 e. The zero-order valence-corrected chi connectivity index (χ0v) is 15.7. The third kappa shape index (κ3) is 3.94. The second kappa shape index (κ2) is 7.36. The SMILES string of the molecule is [2H][C@@]1(n2cc(F)c(=O)[nH]c2=O)O[C@](F)(COP2(=O)OCc3cc(F)ccc3O2)C[C@H]1O. The lowest BCUT2D eigenvalue weighted by atomic mass is 10.2. The molecule has 14 heteroatoms. The molecule has 162 valence electrons. The lowest BCUT2D eigenvalue weighted by molar-refractivity contribution is -0.179. The fraction of sp³-hybridized carbons (Fsp3) is 0.375. The molecule has 2 aromatic rings. The van der Waals surface area contributed by atoms with Crippen LogP contribution in [0.3, 0.4) is 0 Å². The number of rotatable bonds is 4. The van der Waals surface area contributed by atoms with Crippen LogP contribution in [-0.4, -0.2) is 33.2 Å². The summed E-state index contributed by atoms with van der Waals surface area (Å²) in [5.41, 5.74) is -2.47. The second-order valence-electron chi connectivity index (χ2n) is 6.49. The van der Waals surface area contributed by atoms with E-state index in [2.05, 4.69) is 0 Å². The average molecular weight is 451 g/mol. The molecule has 2 N–H and O–H groups in total. The van der Waals surface area contributed by atoms with E-state index in [1.807, 2.05) is 0 Å². The molecule has 0 aliphatic carbocycles.